The van der Waals surface area contributed by atoms with Crippen LogP contribution < -0.4 is 10.1 Å². The molecule has 0 aliphatic carbocycles. The number of hydrogen-bond acceptors (Lipinski definition) is 4. The lowest BCUT2D eigenvalue weighted by Gasteiger charge is -2.13. The molecule has 1 aromatic rings. The van der Waals surface area contributed by atoms with E-state index in [1.54, 1.807) is 0 Å². The number of terminal acetylenes is 1. The van der Waals surface area contributed by atoms with Gasteiger partial charge >= 0.3 is 12.3 Å². The number of nitrogens with one attached hydrogen (secondary N) is 1. The lowest BCUT2D eigenvalue weighted by molar-refractivity contribution is -0.139. The maximum atomic E-state index is 12.8. The molecule has 0 unspecified atom stereocenters. The number of hydrogen-bond donors (Lipinski definition) is 1. The van der Waals surface area contributed by atoms with Gasteiger partial charge in [0.2, 0.25) is 5.88 Å². The van der Waals surface area contributed by atoms with Crippen LogP contribution in [0.5, 0.6) is 5.88 Å². The Morgan fingerprint density at radius 3 is 2.80 bits per heavy atom. The molecule has 0 aromatic carbocycles. The Balaban J connectivity index is 2.95. The van der Waals surface area contributed by atoms with Gasteiger partial charge in [-0.05, 0) is 13.0 Å². The van der Waals surface area contributed by atoms with Crippen molar-refractivity contribution in [1.29, 1.82) is 0 Å². The number of rotatable bonds is 4. The third-order valence-electron chi connectivity index (χ3n) is 1.97. The number of anilines is 1. The van der Waals surface area contributed by atoms with Crippen molar-refractivity contribution in [3.05, 3.63) is 17.8 Å². The molecule has 1 heterocycles. The van der Waals surface area contributed by atoms with Crippen molar-refractivity contribution in [3.63, 3.8) is 0 Å². The minimum atomic E-state index is -4.65. The highest BCUT2D eigenvalue weighted by Crippen LogP contribution is 2.36. The SMILES string of the molecule is C#CCOC(=O)Nc1cnc(OCC)c(C(F)(F)F)c1. The number of aromatic nitrogens is 1. The van der Waals surface area contributed by atoms with Crippen LogP contribution in [0, 0.1) is 12.3 Å². The van der Waals surface area contributed by atoms with Gasteiger partial charge in [0.15, 0.2) is 6.61 Å². The molecule has 0 radical (unpaired) electrons. The van der Waals surface area contributed by atoms with Gasteiger partial charge in [0, 0.05) is 0 Å². The fraction of sp³-hybridized carbons (Fsp3) is 0.333. The lowest BCUT2D eigenvalue weighted by atomic mass is 10.2. The molecule has 1 amide bonds. The topological polar surface area (TPSA) is 60.5 Å². The van der Waals surface area contributed by atoms with Crippen LogP contribution in [0.15, 0.2) is 12.3 Å². The maximum Gasteiger partial charge on any atom is 0.421 e. The van der Waals surface area contributed by atoms with Gasteiger partial charge in [-0.15, -0.1) is 6.42 Å². The van der Waals surface area contributed by atoms with Gasteiger partial charge < -0.3 is 9.47 Å². The monoisotopic (exact) mass is 288 g/mol. The minimum absolute atomic E-state index is 0.0348. The van der Waals surface area contributed by atoms with Gasteiger partial charge in [-0.1, -0.05) is 5.92 Å². The van der Waals surface area contributed by atoms with Crippen molar-refractivity contribution in [3.8, 4) is 18.2 Å². The van der Waals surface area contributed by atoms with Crippen molar-refractivity contribution in [2.75, 3.05) is 18.5 Å². The summed E-state index contributed by atoms with van der Waals surface area (Å²) in [5.74, 6) is 1.49. The Morgan fingerprint density at radius 1 is 1.55 bits per heavy atom. The molecule has 5 nitrogen and oxygen atoms in total. The summed E-state index contributed by atoms with van der Waals surface area (Å²) in [6.07, 6.45) is 0.272. The number of alkyl halides is 3. The minimum Gasteiger partial charge on any atom is -0.478 e. The normalized spacial score (nSPS) is 10.6. The van der Waals surface area contributed by atoms with Crippen molar-refractivity contribution in [2.24, 2.45) is 0 Å². The number of ether oxygens (including phenoxy) is 2. The standard InChI is InChI=1S/C12H11F3N2O3/c1-3-5-20-11(18)17-8-6-9(12(13,14)15)10(16-7-8)19-4-2/h1,6-7H,4-5H2,2H3,(H,17,18). The molecule has 0 fully saturated rings. The molecular formula is C12H11F3N2O3. The first-order valence-corrected chi connectivity index (χ1v) is 5.45. The van der Waals surface area contributed by atoms with Gasteiger partial charge in [-0.2, -0.15) is 13.2 Å². The highest BCUT2D eigenvalue weighted by atomic mass is 19.4. The van der Waals surface area contributed by atoms with Crippen LogP contribution in [0.1, 0.15) is 12.5 Å². The van der Waals surface area contributed by atoms with Crippen LogP contribution in [0.25, 0.3) is 0 Å². The Morgan fingerprint density at radius 2 is 2.25 bits per heavy atom. The number of pyridine rings is 1. The number of carbonyl (C=O) groups is 1. The van der Waals surface area contributed by atoms with Crippen molar-refractivity contribution in [2.45, 2.75) is 13.1 Å². The third kappa shape index (κ3) is 4.35. The molecule has 0 aliphatic rings. The fourth-order valence-electron chi connectivity index (χ4n) is 1.24. The van der Waals surface area contributed by atoms with E-state index in [1.807, 2.05) is 5.92 Å². The largest absolute Gasteiger partial charge is 0.478 e. The van der Waals surface area contributed by atoms with E-state index >= 15 is 0 Å². The first-order chi connectivity index (χ1) is 9.38. The van der Waals surface area contributed by atoms with E-state index < -0.39 is 23.7 Å². The lowest BCUT2D eigenvalue weighted by Crippen LogP contribution is -2.16. The zero-order valence-electron chi connectivity index (χ0n) is 10.5. The van der Waals surface area contributed by atoms with Crippen LogP contribution in [0.2, 0.25) is 0 Å². The second-order valence-corrected chi connectivity index (χ2v) is 3.41. The van der Waals surface area contributed by atoms with Crippen LogP contribution in [-0.4, -0.2) is 24.3 Å². The molecule has 0 bridgehead atoms. The van der Waals surface area contributed by atoms with E-state index in [9.17, 15) is 18.0 Å². The number of halogens is 3. The fourth-order valence-corrected chi connectivity index (χ4v) is 1.24. The summed E-state index contributed by atoms with van der Waals surface area (Å²) in [6.45, 7) is 1.28. The molecule has 0 saturated heterocycles. The number of amides is 1. The first-order valence-electron chi connectivity index (χ1n) is 5.45. The average molecular weight is 288 g/mol. The zero-order chi connectivity index (χ0) is 15.2. The van der Waals surface area contributed by atoms with Crippen LogP contribution in [-0.2, 0) is 10.9 Å². The van der Waals surface area contributed by atoms with E-state index in [4.69, 9.17) is 11.2 Å². The predicted molar refractivity (Wildman–Crippen MR) is 64.2 cm³/mol. The van der Waals surface area contributed by atoms with E-state index in [0.717, 1.165) is 6.20 Å². The Bertz CT molecular complexity index is 524. The van der Waals surface area contributed by atoms with E-state index in [2.05, 4.69) is 15.0 Å². The van der Waals surface area contributed by atoms with E-state index in [0.29, 0.717) is 6.07 Å². The van der Waals surface area contributed by atoms with Gasteiger partial charge in [0.05, 0.1) is 18.5 Å². The van der Waals surface area contributed by atoms with Crippen LogP contribution in [0.4, 0.5) is 23.7 Å². The molecule has 0 aliphatic heterocycles. The summed E-state index contributed by atoms with van der Waals surface area (Å²) in [7, 11) is 0. The zero-order valence-corrected chi connectivity index (χ0v) is 10.5. The molecule has 1 rings (SSSR count). The Labute approximate surface area is 113 Å². The molecule has 108 valence electrons. The second-order valence-electron chi connectivity index (χ2n) is 3.41. The van der Waals surface area contributed by atoms with Crippen molar-refractivity contribution < 1.29 is 27.4 Å². The Kier molecular flexibility index (Phi) is 5.20. The van der Waals surface area contributed by atoms with Gasteiger partial charge in [-0.3, -0.25) is 5.32 Å². The van der Waals surface area contributed by atoms with Crippen molar-refractivity contribution in [1.82, 2.24) is 4.98 Å². The summed E-state index contributed by atoms with van der Waals surface area (Å²) < 4.78 is 47.7. The van der Waals surface area contributed by atoms with E-state index in [1.165, 1.54) is 6.92 Å². The molecule has 0 atom stereocenters. The molecule has 20 heavy (non-hydrogen) atoms. The number of nitrogens with zero attached hydrogens (tertiary/aromatic N) is 1. The number of carbonyl (C=O) groups excluding carboxylic acids is 1. The highest BCUT2D eigenvalue weighted by Gasteiger charge is 2.35. The van der Waals surface area contributed by atoms with Gasteiger partial charge in [0.1, 0.15) is 5.56 Å². The van der Waals surface area contributed by atoms with E-state index in [-0.39, 0.29) is 18.9 Å². The third-order valence-corrected chi connectivity index (χ3v) is 1.97. The molecule has 0 spiro atoms. The van der Waals surface area contributed by atoms with Crippen LogP contribution in [0.3, 0.4) is 0 Å². The molecular weight excluding hydrogens is 277 g/mol. The quantitative estimate of drug-likeness (QED) is 0.865. The summed E-state index contributed by atoms with van der Waals surface area (Å²) in [5.41, 5.74) is -1.27. The van der Waals surface area contributed by atoms with Gasteiger partial charge in [0.25, 0.3) is 0 Å². The second kappa shape index (κ2) is 6.65. The summed E-state index contributed by atoms with van der Waals surface area (Å²) in [5, 5.41) is 2.08. The average Bonchev–Trinajstić information content (AvgIpc) is 2.37. The van der Waals surface area contributed by atoms with Gasteiger partial charge in [-0.25, -0.2) is 9.78 Å². The molecule has 1 N–H and O–H groups in total. The maximum absolute atomic E-state index is 12.8. The predicted octanol–water partition coefficient (Wildman–Crippen LogP) is 2.68. The highest BCUT2D eigenvalue weighted by molar-refractivity contribution is 5.84. The summed E-state index contributed by atoms with van der Waals surface area (Å²) >= 11 is 0. The van der Waals surface area contributed by atoms with Crippen molar-refractivity contribution >= 4 is 11.8 Å². The summed E-state index contributed by atoms with van der Waals surface area (Å²) in [6, 6.07) is 0.703. The molecule has 1 aromatic heterocycles. The smallest absolute Gasteiger partial charge is 0.421 e. The molecule has 8 heteroatoms. The summed E-state index contributed by atoms with van der Waals surface area (Å²) in [4.78, 5) is 14.7. The molecule has 0 saturated carbocycles. The first kappa shape index (κ1) is 15.6. The Hall–Kier alpha value is -2.43. The van der Waals surface area contributed by atoms with Crippen LogP contribution >= 0.6 is 0 Å².